The number of nitrogens with zero attached hydrogens (tertiary/aromatic N) is 1. The number of hydrogen-bond donors (Lipinski definition) is 0. The Morgan fingerprint density at radius 2 is 1.38 bits per heavy atom. The third-order valence-corrected chi connectivity index (χ3v) is 5.24. The number of benzene rings is 1. The lowest BCUT2D eigenvalue weighted by Crippen LogP contribution is -2.23. The van der Waals surface area contributed by atoms with Crippen LogP contribution in [-0.2, 0) is 0 Å². The Labute approximate surface area is 153 Å². The van der Waals surface area contributed by atoms with Gasteiger partial charge in [-0.3, -0.25) is 4.79 Å². The van der Waals surface area contributed by atoms with Crippen LogP contribution in [0.5, 0.6) is 0 Å². The maximum atomic E-state index is 13.1. The lowest BCUT2D eigenvalue weighted by Gasteiger charge is -2.23. The summed E-state index contributed by atoms with van der Waals surface area (Å²) in [6.07, 6.45) is 0. The molecule has 0 aliphatic heterocycles. The molecule has 0 fully saturated rings. The minimum absolute atomic E-state index is 0.229. The third-order valence-electron chi connectivity index (χ3n) is 4.27. The molecule has 24 heavy (non-hydrogen) atoms. The van der Waals surface area contributed by atoms with Crippen LogP contribution < -0.4 is 0 Å². The topological polar surface area (TPSA) is 20.3 Å². The molecule has 0 saturated carbocycles. The number of carbonyl (C=O) groups excluding carboxylic acids is 1. The van der Waals surface area contributed by atoms with Crippen molar-refractivity contribution < 1.29 is 4.79 Å². The molecule has 0 bridgehead atoms. The van der Waals surface area contributed by atoms with Crippen molar-refractivity contribution in [1.29, 1.82) is 0 Å². The van der Waals surface area contributed by atoms with Gasteiger partial charge in [-0.2, -0.15) is 0 Å². The zero-order valence-corrected chi connectivity index (χ0v) is 17.8. The van der Waals surface area contributed by atoms with Crippen LogP contribution in [0.1, 0.15) is 93.3 Å². The van der Waals surface area contributed by atoms with Gasteiger partial charge in [0.2, 0.25) is 5.12 Å². The van der Waals surface area contributed by atoms with Crippen LogP contribution in [0.25, 0.3) is 0 Å². The van der Waals surface area contributed by atoms with Crippen molar-refractivity contribution in [2.45, 2.75) is 71.5 Å². The largest absolute Gasteiger partial charge is 0.308 e. The Hall–Kier alpha value is -0.800. The molecular formula is C21H35NOS. The highest BCUT2D eigenvalue weighted by Gasteiger charge is 2.24. The van der Waals surface area contributed by atoms with Gasteiger partial charge in [-0.15, -0.1) is 0 Å². The van der Waals surface area contributed by atoms with Crippen LogP contribution >= 0.6 is 11.8 Å². The van der Waals surface area contributed by atoms with Gasteiger partial charge in [0.05, 0.1) is 0 Å². The minimum Gasteiger partial charge on any atom is -0.308 e. The molecule has 136 valence electrons. The second-order valence-corrected chi connectivity index (χ2v) is 9.43. The van der Waals surface area contributed by atoms with Crippen LogP contribution in [-0.4, -0.2) is 35.9 Å². The second kappa shape index (κ2) is 9.05. The monoisotopic (exact) mass is 349 g/mol. The highest BCUT2D eigenvalue weighted by molar-refractivity contribution is 8.14. The van der Waals surface area contributed by atoms with Gasteiger partial charge >= 0.3 is 0 Å². The van der Waals surface area contributed by atoms with Crippen molar-refractivity contribution in [3.05, 3.63) is 34.4 Å². The zero-order chi connectivity index (χ0) is 18.6. The first kappa shape index (κ1) is 21.2. The molecule has 1 rings (SSSR count). The average Bonchev–Trinajstić information content (AvgIpc) is 2.44. The number of thioether (sulfide) groups is 1. The summed E-state index contributed by atoms with van der Waals surface area (Å²) < 4.78 is 0. The van der Waals surface area contributed by atoms with Gasteiger partial charge in [-0.25, -0.2) is 0 Å². The lowest BCUT2D eigenvalue weighted by atomic mass is 9.85. The van der Waals surface area contributed by atoms with Gasteiger partial charge < -0.3 is 4.90 Å². The highest BCUT2D eigenvalue weighted by atomic mass is 32.2. The summed E-state index contributed by atoms with van der Waals surface area (Å²) in [5.74, 6) is 1.18. The van der Waals surface area contributed by atoms with Crippen molar-refractivity contribution in [1.82, 2.24) is 4.90 Å². The fourth-order valence-electron chi connectivity index (χ4n) is 2.98. The molecule has 0 aromatic heterocycles. The van der Waals surface area contributed by atoms with E-state index in [1.807, 2.05) is 0 Å². The molecule has 0 saturated heterocycles. The molecule has 2 nitrogen and oxygen atoms in total. The van der Waals surface area contributed by atoms with E-state index in [1.165, 1.54) is 28.5 Å². The van der Waals surface area contributed by atoms with Gasteiger partial charge in [-0.05, 0) is 48.5 Å². The SMILES string of the molecule is CC(CN(C)C)SC(=O)c1c(C(C)C)cc(C(C)C)cc1C(C)C. The molecule has 1 aromatic rings. The zero-order valence-electron chi connectivity index (χ0n) is 16.9. The van der Waals surface area contributed by atoms with E-state index in [0.717, 1.165) is 12.1 Å². The molecule has 1 aromatic carbocycles. The molecule has 0 amide bonds. The smallest absolute Gasteiger partial charge is 0.220 e. The van der Waals surface area contributed by atoms with Crippen LogP contribution in [0.2, 0.25) is 0 Å². The minimum atomic E-state index is 0.229. The molecular weight excluding hydrogens is 314 g/mol. The van der Waals surface area contributed by atoms with Crippen LogP contribution in [0.4, 0.5) is 0 Å². The first-order chi connectivity index (χ1) is 11.0. The molecule has 1 atom stereocenters. The Bertz CT molecular complexity index is 532. The van der Waals surface area contributed by atoms with Crippen LogP contribution in [0, 0.1) is 0 Å². The fraction of sp³-hybridized carbons (Fsp3) is 0.667. The van der Waals surface area contributed by atoms with Gasteiger partial charge in [0.25, 0.3) is 0 Å². The van der Waals surface area contributed by atoms with Crippen LogP contribution in [0.3, 0.4) is 0 Å². The van der Waals surface area contributed by atoms with E-state index >= 15 is 0 Å². The molecule has 0 heterocycles. The predicted octanol–water partition coefficient (Wildman–Crippen LogP) is 5.88. The summed E-state index contributed by atoms with van der Waals surface area (Å²) in [5.41, 5.74) is 4.71. The molecule has 0 N–H and O–H groups in total. The highest BCUT2D eigenvalue weighted by Crippen LogP contribution is 2.35. The molecule has 0 aliphatic rings. The summed E-state index contributed by atoms with van der Waals surface area (Å²) in [6.45, 7) is 16.2. The lowest BCUT2D eigenvalue weighted by molar-refractivity contribution is 0.108. The molecule has 3 heteroatoms. The normalized spacial score (nSPS) is 13.4. The van der Waals surface area contributed by atoms with Crippen molar-refractivity contribution in [3.63, 3.8) is 0 Å². The Kier molecular flexibility index (Phi) is 8.01. The van der Waals surface area contributed by atoms with Crippen molar-refractivity contribution in [3.8, 4) is 0 Å². The standard InChI is InChI=1S/C21H35NOS/c1-13(2)17-10-18(14(3)4)20(19(11-17)15(5)6)21(23)24-16(7)12-22(8)9/h10-11,13-16H,12H2,1-9H3. The summed E-state index contributed by atoms with van der Waals surface area (Å²) >= 11 is 1.48. The van der Waals surface area contributed by atoms with Gasteiger partial charge in [0.1, 0.15) is 0 Å². The Morgan fingerprint density at radius 3 is 1.71 bits per heavy atom. The van der Waals surface area contributed by atoms with E-state index in [1.54, 1.807) is 0 Å². The van der Waals surface area contributed by atoms with Crippen molar-refractivity contribution in [2.24, 2.45) is 0 Å². The summed E-state index contributed by atoms with van der Waals surface area (Å²) in [7, 11) is 4.11. The van der Waals surface area contributed by atoms with E-state index < -0.39 is 0 Å². The fourth-order valence-corrected chi connectivity index (χ4v) is 4.08. The van der Waals surface area contributed by atoms with E-state index in [2.05, 4.69) is 79.6 Å². The predicted molar refractivity (Wildman–Crippen MR) is 109 cm³/mol. The van der Waals surface area contributed by atoms with Gasteiger partial charge in [0, 0.05) is 17.4 Å². The van der Waals surface area contributed by atoms with E-state index in [0.29, 0.717) is 17.8 Å². The first-order valence-corrected chi connectivity index (χ1v) is 9.95. The maximum Gasteiger partial charge on any atom is 0.220 e. The van der Waals surface area contributed by atoms with Gasteiger partial charge in [0.15, 0.2) is 0 Å². The van der Waals surface area contributed by atoms with Crippen LogP contribution in [0.15, 0.2) is 12.1 Å². The summed E-state index contributed by atoms with van der Waals surface area (Å²) in [6, 6.07) is 4.51. The number of hydrogen-bond acceptors (Lipinski definition) is 3. The van der Waals surface area contributed by atoms with E-state index in [4.69, 9.17) is 0 Å². The average molecular weight is 350 g/mol. The number of rotatable bonds is 7. The molecule has 0 radical (unpaired) electrons. The quantitative estimate of drug-likeness (QED) is 0.613. The second-order valence-electron chi connectivity index (χ2n) is 8.02. The van der Waals surface area contributed by atoms with Crippen molar-refractivity contribution in [2.75, 3.05) is 20.6 Å². The molecule has 1 unspecified atom stereocenters. The maximum absolute atomic E-state index is 13.1. The Morgan fingerprint density at radius 1 is 0.917 bits per heavy atom. The molecule has 0 aliphatic carbocycles. The van der Waals surface area contributed by atoms with E-state index in [-0.39, 0.29) is 10.4 Å². The summed E-state index contributed by atoms with van der Waals surface area (Å²) in [5, 5.41) is 0.518. The van der Waals surface area contributed by atoms with Crippen molar-refractivity contribution >= 4 is 16.9 Å². The molecule has 0 spiro atoms. The third kappa shape index (κ3) is 5.63. The van der Waals surface area contributed by atoms with Gasteiger partial charge in [-0.1, -0.05) is 72.4 Å². The summed E-state index contributed by atoms with van der Waals surface area (Å²) in [4.78, 5) is 15.3. The first-order valence-electron chi connectivity index (χ1n) is 9.08. The Balaban J connectivity index is 3.35. The van der Waals surface area contributed by atoms with E-state index in [9.17, 15) is 4.79 Å². The number of carbonyl (C=O) groups is 1.